The van der Waals surface area contributed by atoms with E-state index in [-0.39, 0.29) is 0 Å². The highest BCUT2D eigenvalue weighted by Crippen LogP contribution is 2.28. The van der Waals surface area contributed by atoms with E-state index >= 15 is 0 Å². The third-order valence-electron chi connectivity index (χ3n) is 3.35. The molecule has 2 aromatic carbocycles. The van der Waals surface area contributed by atoms with E-state index in [9.17, 15) is 0 Å². The van der Waals surface area contributed by atoms with Crippen LogP contribution >= 0.6 is 31.9 Å². The van der Waals surface area contributed by atoms with Crippen LogP contribution in [0, 0.1) is 0 Å². The van der Waals surface area contributed by atoms with E-state index in [4.69, 9.17) is 4.74 Å². The van der Waals surface area contributed by atoms with Gasteiger partial charge >= 0.3 is 0 Å². The summed E-state index contributed by atoms with van der Waals surface area (Å²) in [6.07, 6.45) is 0.778. The van der Waals surface area contributed by atoms with Gasteiger partial charge in [-0.15, -0.1) is 0 Å². The summed E-state index contributed by atoms with van der Waals surface area (Å²) in [6, 6.07) is 16.4. The molecule has 0 amide bonds. The number of methoxy groups -OCH3 is 1. The van der Waals surface area contributed by atoms with E-state index in [1.54, 1.807) is 7.11 Å². The molecule has 0 bridgehead atoms. The van der Waals surface area contributed by atoms with E-state index in [1.165, 1.54) is 5.56 Å². The zero-order valence-electron chi connectivity index (χ0n) is 11.4. The standard InChI is InChI=1S/C17H13Br2NO/c1-21-17-13(8-11-4-2-3-5-15(11)19)9-12-10-14(18)6-7-16(12)20-17/h2-7,9-10H,8H2,1H3. The van der Waals surface area contributed by atoms with Crippen molar-refractivity contribution in [2.24, 2.45) is 0 Å². The number of aromatic nitrogens is 1. The second-order valence-corrected chi connectivity index (χ2v) is 6.53. The lowest BCUT2D eigenvalue weighted by atomic mass is 10.0. The predicted octanol–water partition coefficient (Wildman–Crippen LogP) is 5.36. The molecule has 0 aliphatic rings. The van der Waals surface area contributed by atoms with E-state index < -0.39 is 0 Å². The molecule has 0 N–H and O–H groups in total. The van der Waals surface area contributed by atoms with Gasteiger partial charge in [0.25, 0.3) is 0 Å². The molecular formula is C17H13Br2NO. The zero-order chi connectivity index (χ0) is 14.8. The predicted molar refractivity (Wildman–Crippen MR) is 92.9 cm³/mol. The van der Waals surface area contributed by atoms with E-state index in [0.717, 1.165) is 31.8 Å². The molecular weight excluding hydrogens is 394 g/mol. The monoisotopic (exact) mass is 405 g/mol. The average molecular weight is 407 g/mol. The van der Waals surface area contributed by atoms with Crippen molar-refractivity contribution in [2.75, 3.05) is 7.11 Å². The van der Waals surface area contributed by atoms with Crippen LogP contribution in [0.3, 0.4) is 0 Å². The minimum atomic E-state index is 0.681. The largest absolute Gasteiger partial charge is 0.481 e. The van der Waals surface area contributed by atoms with Crippen LogP contribution in [0.5, 0.6) is 5.88 Å². The van der Waals surface area contributed by atoms with Crippen LogP contribution in [0.1, 0.15) is 11.1 Å². The molecule has 106 valence electrons. The van der Waals surface area contributed by atoms with Crippen molar-refractivity contribution in [2.45, 2.75) is 6.42 Å². The molecule has 3 rings (SSSR count). The lowest BCUT2D eigenvalue weighted by Gasteiger charge is -2.11. The third kappa shape index (κ3) is 3.11. The smallest absolute Gasteiger partial charge is 0.217 e. The van der Waals surface area contributed by atoms with Crippen molar-refractivity contribution in [3.8, 4) is 5.88 Å². The second-order valence-electron chi connectivity index (χ2n) is 4.76. The summed E-state index contributed by atoms with van der Waals surface area (Å²) in [5.74, 6) is 0.681. The Kier molecular flexibility index (Phi) is 4.27. The Hall–Kier alpha value is -1.39. The van der Waals surface area contributed by atoms with Crippen LogP contribution in [-0.4, -0.2) is 12.1 Å². The number of ether oxygens (including phenoxy) is 1. The number of rotatable bonds is 3. The fraction of sp³-hybridized carbons (Fsp3) is 0.118. The number of benzene rings is 2. The zero-order valence-corrected chi connectivity index (χ0v) is 14.6. The minimum absolute atomic E-state index is 0.681. The molecule has 21 heavy (non-hydrogen) atoms. The highest BCUT2D eigenvalue weighted by molar-refractivity contribution is 9.10. The van der Waals surface area contributed by atoms with Crippen LogP contribution in [0.2, 0.25) is 0 Å². The minimum Gasteiger partial charge on any atom is -0.481 e. The molecule has 0 spiro atoms. The first-order valence-corrected chi connectivity index (χ1v) is 8.12. The molecule has 0 aliphatic carbocycles. The molecule has 1 aromatic heterocycles. The number of pyridine rings is 1. The number of halogens is 2. The Morgan fingerprint density at radius 3 is 2.57 bits per heavy atom. The number of hydrogen-bond acceptors (Lipinski definition) is 2. The average Bonchev–Trinajstić information content (AvgIpc) is 2.49. The number of fused-ring (bicyclic) bond motifs is 1. The summed E-state index contributed by atoms with van der Waals surface area (Å²) in [5.41, 5.74) is 3.23. The molecule has 0 fully saturated rings. The molecule has 4 heteroatoms. The lowest BCUT2D eigenvalue weighted by Crippen LogP contribution is -1.98. The molecule has 0 aliphatic heterocycles. The first-order chi connectivity index (χ1) is 10.2. The summed E-state index contributed by atoms with van der Waals surface area (Å²) in [7, 11) is 1.66. The Morgan fingerprint density at radius 1 is 1.00 bits per heavy atom. The van der Waals surface area contributed by atoms with Gasteiger partial charge in [-0.3, -0.25) is 0 Å². The molecule has 2 nitrogen and oxygen atoms in total. The second kappa shape index (κ2) is 6.16. The number of nitrogens with zero attached hydrogens (tertiary/aromatic N) is 1. The van der Waals surface area contributed by atoms with Crippen molar-refractivity contribution in [3.05, 3.63) is 68.6 Å². The van der Waals surface area contributed by atoms with Gasteiger partial charge in [-0.1, -0.05) is 50.1 Å². The summed E-state index contributed by atoms with van der Waals surface area (Å²) in [4.78, 5) is 4.60. The van der Waals surface area contributed by atoms with Gasteiger partial charge in [0.15, 0.2) is 0 Å². The van der Waals surface area contributed by atoms with Crippen molar-refractivity contribution < 1.29 is 4.74 Å². The van der Waals surface area contributed by atoms with Crippen LogP contribution < -0.4 is 4.74 Å². The van der Waals surface area contributed by atoms with E-state index in [2.05, 4.69) is 55.0 Å². The first-order valence-electron chi connectivity index (χ1n) is 6.54. The fourth-order valence-electron chi connectivity index (χ4n) is 2.32. The van der Waals surface area contributed by atoms with Gasteiger partial charge in [-0.05, 0) is 35.9 Å². The van der Waals surface area contributed by atoms with Gasteiger partial charge in [0, 0.05) is 26.3 Å². The van der Waals surface area contributed by atoms with Gasteiger partial charge in [0.1, 0.15) is 0 Å². The molecule has 3 aromatic rings. The molecule has 0 saturated heterocycles. The van der Waals surface area contributed by atoms with Gasteiger partial charge < -0.3 is 4.74 Å². The van der Waals surface area contributed by atoms with E-state index in [0.29, 0.717) is 5.88 Å². The van der Waals surface area contributed by atoms with Crippen molar-refractivity contribution in [1.29, 1.82) is 0 Å². The molecule has 0 atom stereocenters. The van der Waals surface area contributed by atoms with Gasteiger partial charge in [0.05, 0.1) is 12.6 Å². The number of hydrogen-bond donors (Lipinski definition) is 0. The van der Waals surface area contributed by atoms with E-state index in [1.807, 2.05) is 30.3 Å². The third-order valence-corrected chi connectivity index (χ3v) is 4.61. The first kappa shape index (κ1) is 14.5. The van der Waals surface area contributed by atoms with Gasteiger partial charge in [-0.2, -0.15) is 0 Å². The van der Waals surface area contributed by atoms with Crippen LogP contribution in [0.4, 0.5) is 0 Å². The highest BCUT2D eigenvalue weighted by atomic mass is 79.9. The fourth-order valence-corrected chi connectivity index (χ4v) is 3.13. The van der Waals surface area contributed by atoms with Crippen molar-refractivity contribution in [3.63, 3.8) is 0 Å². The Balaban J connectivity index is 2.10. The van der Waals surface area contributed by atoms with Gasteiger partial charge in [-0.25, -0.2) is 4.98 Å². The SMILES string of the molecule is COc1nc2ccc(Br)cc2cc1Cc1ccccc1Br. The maximum absolute atomic E-state index is 5.46. The Morgan fingerprint density at radius 2 is 1.81 bits per heavy atom. The van der Waals surface area contributed by atoms with Crippen molar-refractivity contribution in [1.82, 2.24) is 4.98 Å². The molecule has 0 radical (unpaired) electrons. The quantitative estimate of drug-likeness (QED) is 0.584. The molecule has 0 saturated carbocycles. The normalized spacial score (nSPS) is 10.8. The Labute approximate surface area is 140 Å². The van der Waals surface area contributed by atoms with Crippen LogP contribution in [-0.2, 0) is 6.42 Å². The van der Waals surface area contributed by atoms with Crippen LogP contribution in [0.25, 0.3) is 10.9 Å². The molecule has 0 unspecified atom stereocenters. The topological polar surface area (TPSA) is 22.1 Å². The van der Waals surface area contributed by atoms with Gasteiger partial charge in [0.2, 0.25) is 5.88 Å². The summed E-state index contributed by atoms with van der Waals surface area (Å²) >= 11 is 7.10. The Bertz CT molecular complexity index is 802. The molecule has 1 heterocycles. The van der Waals surface area contributed by atoms with Crippen LogP contribution in [0.15, 0.2) is 57.5 Å². The highest BCUT2D eigenvalue weighted by Gasteiger charge is 2.10. The lowest BCUT2D eigenvalue weighted by molar-refractivity contribution is 0.395. The summed E-state index contributed by atoms with van der Waals surface area (Å²) in [6.45, 7) is 0. The maximum Gasteiger partial charge on any atom is 0.217 e. The maximum atomic E-state index is 5.46. The summed E-state index contributed by atoms with van der Waals surface area (Å²) < 4.78 is 7.61. The van der Waals surface area contributed by atoms with Crippen molar-refractivity contribution >= 4 is 42.8 Å². The summed E-state index contributed by atoms with van der Waals surface area (Å²) in [5, 5.41) is 1.10.